The maximum atomic E-state index is 10.6. The average Bonchev–Trinajstić information content (AvgIpc) is 2.17. The van der Waals surface area contributed by atoms with E-state index >= 15 is 0 Å². The molecule has 0 atom stereocenters. The van der Waals surface area contributed by atoms with Gasteiger partial charge in [0.25, 0.3) is 0 Å². The van der Waals surface area contributed by atoms with E-state index in [-0.39, 0.29) is 11.4 Å². The number of benzene rings is 1. The summed E-state index contributed by atoms with van der Waals surface area (Å²) in [5.74, 6) is 0.669. The zero-order chi connectivity index (χ0) is 10.7. The Balaban J connectivity index is 3.31. The van der Waals surface area contributed by atoms with Crippen LogP contribution in [-0.2, 0) is 0 Å². The van der Waals surface area contributed by atoms with Gasteiger partial charge in [0.15, 0.2) is 0 Å². The van der Waals surface area contributed by atoms with Crippen molar-refractivity contribution in [3.63, 3.8) is 0 Å². The Morgan fingerprint density at radius 1 is 1.29 bits per heavy atom. The monoisotopic (exact) mass is 261 g/mol. The summed E-state index contributed by atoms with van der Waals surface area (Å²) in [5.41, 5.74) is -0.0971. The van der Waals surface area contributed by atoms with Crippen LogP contribution in [0.25, 0.3) is 0 Å². The molecule has 1 aromatic rings. The summed E-state index contributed by atoms with van der Waals surface area (Å²) < 4.78 is 10.4. The SMILES string of the molecule is COc1cc(OC)c([N+](=O)[O-])cc1Br. The molecular formula is C8H8BrNO4. The van der Waals surface area contributed by atoms with E-state index in [1.807, 2.05) is 0 Å². The minimum Gasteiger partial charge on any atom is -0.495 e. The molecule has 0 spiro atoms. The fourth-order valence-electron chi connectivity index (χ4n) is 0.987. The third-order valence-corrected chi connectivity index (χ3v) is 2.27. The fourth-order valence-corrected chi connectivity index (χ4v) is 1.48. The number of ether oxygens (including phenoxy) is 2. The van der Waals surface area contributed by atoms with Crippen molar-refractivity contribution in [3.05, 3.63) is 26.7 Å². The van der Waals surface area contributed by atoms with E-state index in [1.54, 1.807) is 0 Å². The Labute approximate surface area is 88.9 Å². The van der Waals surface area contributed by atoms with E-state index in [9.17, 15) is 10.1 Å². The fraction of sp³-hybridized carbons (Fsp3) is 0.250. The minimum atomic E-state index is -0.511. The van der Waals surface area contributed by atoms with Gasteiger partial charge in [0.05, 0.1) is 23.6 Å². The molecule has 0 aliphatic heterocycles. The Morgan fingerprint density at radius 3 is 2.29 bits per heavy atom. The molecule has 0 radical (unpaired) electrons. The number of halogens is 1. The van der Waals surface area contributed by atoms with E-state index in [2.05, 4.69) is 15.9 Å². The average molecular weight is 262 g/mol. The summed E-state index contributed by atoms with van der Waals surface area (Å²) >= 11 is 3.15. The molecule has 0 amide bonds. The lowest BCUT2D eigenvalue weighted by molar-refractivity contribution is -0.385. The number of hydrogen-bond donors (Lipinski definition) is 0. The summed E-state index contributed by atoms with van der Waals surface area (Å²) in [7, 11) is 2.85. The van der Waals surface area contributed by atoms with Gasteiger partial charge in [0.2, 0.25) is 5.75 Å². The number of methoxy groups -OCH3 is 2. The van der Waals surface area contributed by atoms with Gasteiger partial charge in [-0.1, -0.05) is 0 Å². The number of nitro benzene ring substituents is 1. The molecule has 0 aliphatic rings. The van der Waals surface area contributed by atoms with Crippen LogP contribution in [0, 0.1) is 10.1 Å². The summed E-state index contributed by atoms with van der Waals surface area (Å²) in [6.45, 7) is 0. The van der Waals surface area contributed by atoms with E-state index in [4.69, 9.17) is 9.47 Å². The third-order valence-electron chi connectivity index (χ3n) is 1.65. The molecule has 0 fully saturated rings. The van der Waals surface area contributed by atoms with Crippen LogP contribution in [0.1, 0.15) is 0 Å². The molecule has 1 rings (SSSR count). The molecule has 0 unspecified atom stereocenters. The Morgan fingerprint density at radius 2 is 1.86 bits per heavy atom. The molecule has 0 heterocycles. The standard InChI is InChI=1S/C8H8BrNO4/c1-13-7-4-8(14-2)6(10(11)12)3-5(7)9/h3-4H,1-2H3. The topological polar surface area (TPSA) is 61.6 Å². The van der Waals surface area contributed by atoms with Gasteiger partial charge >= 0.3 is 5.69 Å². The number of nitro groups is 1. The van der Waals surface area contributed by atoms with Gasteiger partial charge < -0.3 is 9.47 Å². The normalized spacial score (nSPS) is 9.64. The molecule has 0 saturated carbocycles. The number of rotatable bonds is 3. The van der Waals surface area contributed by atoms with Gasteiger partial charge in [-0.25, -0.2) is 0 Å². The highest BCUT2D eigenvalue weighted by Crippen LogP contribution is 2.37. The van der Waals surface area contributed by atoms with Crippen molar-refractivity contribution < 1.29 is 14.4 Å². The molecule has 0 N–H and O–H groups in total. The minimum absolute atomic E-state index is 0.0971. The molecule has 0 aromatic heterocycles. The van der Waals surface area contributed by atoms with E-state index in [0.29, 0.717) is 10.2 Å². The first-order chi connectivity index (χ1) is 6.60. The van der Waals surface area contributed by atoms with Gasteiger partial charge in [-0.05, 0) is 15.9 Å². The highest BCUT2D eigenvalue weighted by molar-refractivity contribution is 9.10. The quantitative estimate of drug-likeness (QED) is 0.619. The van der Waals surface area contributed by atoms with Crippen LogP contribution in [0.3, 0.4) is 0 Å². The second-order valence-electron chi connectivity index (χ2n) is 2.42. The highest BCUT2D eigenvalue weighted by Gasteiger charge is 2.18. The maximum Gasteiger partial charge on any atom is 0.312 e. The van der Waals surface area contributed by atoms with E-state index in [0.717, 1.165) is 0 Å². The van der Waals surface area contributed by atoms with Gasteiger partial charge in [-0.15, -0.1) is 0 Å². The predicted molar refractivity (Wildman–Crippen MR) is 53.9 cm³/mol. The number of nitrogens with zero attached hydrogens (tertiary/aromatic N) is 1. The lowest BCUT2D eigenvalue weighted by Crippen LogP contribution is -1.95. The molecule has 1 aromatic carbocycles. The van der Waals surface area contributed by atoms with Crippen molar-refractivity contribution in [1.82, 2.24) is 0 Å². The summed E-state index contributed by atoms with van der Waals surface area (Å²) in [5, 5.41) is 10.6. The lowest BCUT2D eigenvalue weighted by atomic mass is 10.3. The van der Waals surface area contributed by atoms with Crippen molar-refractivity contribution in [2.45, 2.75) is 0 Å². The van der Waals surface area contributed by atoms with Crippen molar-refractivity contribution in [1.29, 1.82) is 0 Å². The summed E-state index contributed by atoms with van der Waals surface area (Å²) in [6, 6.07) is 2.81. The molecule has 0 bridgehead atoms. The second kappa shape index (κ2) is 4.28. The van der Waals surface area contributed by atoms with Crippen molar-refractivity contribution >= 4 is 21.6 Å². The van der Waals surface area contributed by atoms with Crippen LogP contribution in [-0.4, -0.2) is 19.1 Å². The molecule has 0 aliphatic carbocycles. The summed E-state index contributed by atoms with van der Waals surface area (Å²) in [4.78, 5) is 10.1. The molecule has 5 nitrogen and oxygen atoms in total. The Hall–Kier alpha value is -1.30. The van der Waals surface area contributed by atoms with Gasteiger partial charge in [-0.2, -0.15) is 0 Å². The van der Waals surface area contributed by atoms with Crippen LogP contribution in [0.15, 0.2) is 16.6 Å². The van der Waals surface area contributed by atoms with Gasteiger partial charge in [-0.3, -0.25) is 10.1 Å². The van der Waals surface area contributed by atoms with Crippen molar-refractivity contribution in [3.8, 4) is 11.5 Å². The third kappa shape index (κ3) is 1.95. The number of hydrogen-bond acceptors (Lipinski definition) is 4. The molecular weight excluding hydrogens is 254 g/mol. The zero-order valence-electron chi connectivity index (χ0n) is 7.61. The van der Waals surface area contributed by atoms with Crippen LogP contribution in [0.4, 0.5) is 5.69 Å². The van der Waals surface area contributed by atoms with E-state index < -0.39 is 4.92 Å². The van der Waals surface area contributed by atoms with Crippen LogP contribution in [0.2, 0.25) is 0 Å². The van der Waals surface area contributed by atoms with Gasteiger partial charge in [0, 0.05) is 12.1 Å². The largest absolute Gasteiger partial charge is 0.495 e. The first kappa shape index (κ1) is 10.8. The van der Waals surface area contributed by atoms with E-state index in [1.165, 1.54) is 26.4 Å². The highest BCUT2D eigenvalue weighted by atomic mass is 79.9. The predicted octanol–water partition coefficient (Wildman–Crippen LogP) is 2.37. The molecule has 76 valence electrons. The Bertz CT molecular complexity index is 367. The zero-order valence-corrected chi connectivity index (χ0v) is 9.20. The summed E-state index contributed by atoms with van der Waals surface area (Å²) in [6.07, 6.45) is 0. The van der Waals surface area contributed by atoms with Crippen LogP contribution >= 0.6 is 15.9 Å². The van der Waals surface area contributed by atoms with Crippen LogP contribution < -0.4 is 9.47 Å². The van der Waals surface area contributed by atoms with Crippen molar-refractivity contribution in [2.75, 3.05) is 14.2 Å². The first-order valence-electron chi connectivity index (χ1n) is 3.66. The second-order valence-corrected chi connectivity index (χ2v) is 3.27. The van der Waals surface area contributed by atoms with Crippen LogP contribution in [0.5, 0.6) is 11.5 Å². The van der Waals surface area contributed by atoms with Gasteiger partial charge in [0.1, 0.15) is 5.75 Å². The smallest absolute Gasteiger partial charge is 0.312 e. The molecule has 0 saturated heterocycles. The molecule has 6 heteroatoms. The lowest BCUT2D eigenvalue weighted by Gasteiger charge is -2.06. The van der Waals surface area contributed by atoms with Crippen molar-refractivity contribution in [2.24, 2.45) is 0 Å². The maximum absolute atomic E-state index is 10.6. The first-order valence-corrected chi connectivity index (χ1v) is 4.45. The molecule has 14 heavy (non-hydrogen) atoms. The Kier molecular flexibility index (Phi) is 3.29.